The summed E-state index contributed by atoms with van der Waals surface area (Å²) >= 11 is 3.09. The maximum absolute atomic E-state index is 12.5. The first-order chi connectivity index (χ1) is 7.30. The van der Waals surface area contributed by atoms with Crippen LogP contribution in [0.2, 0.25) is 0 Å². The van der Waals surface area contributed by atoms with E-state index in [1.807, 2.05) is 0 Å². The average Bonchev–Trinajstić information content (AvgIpc) is 2.14. The topological polar surface area (TPSA) is 29.5 Å². The summed E-state index contributed by atoms with van der Waals surface area (Å²) in [6, 6.07) is 5.19. The summed E-state index contributed by atoms with van der Waals surface area (Å²) in [5.74, 6) is -1.04. The minimum absolute atomic E-state index is 0.272. The second-order valence-electron chi connectivity index (χ2n) is 2.82. The quantitative estimate of drug-likeness (QED) is 0.620. The molecule has 0 aliphatic heterocycles. The largest absolute Gasteiger partial charge is 0.517 e. The highest BCUT2D eigenvalue weighted by Crippen LogP contribution is 2.29. The standard InChI is InChI=1S/C9H7BrF3NO2/c1-6(15)16-14(9(11,12)13)8-4-2-7(10)3-5-8/h2-5H,1H3. The van der Waals surface area contributed by atoms with Gasteiger partial charge in [0.05, 0.1) is 5.69 Å². The van der Waals surface area contributed by atoms with Crippen LogP contribution in [0.3, 0.4) is 0 Å². The summed E-state index contributed by atoms with van der Waals surface area (Å²) in [5.41, 5.74) is -0.272. The van der Waals surface area contributed by atoms with Crippen molar-refractivity contribution in [2.45, 2.75) is 13.2 Å². The van der Waals surface area contributed by atoms with E-state index >= 15 is 0 Å². The van der Waals surface area contributed by atoms with Gasteiger partial charge in [-0.3, -0.25) is 4.79 Å². The van der Waals surface area contributed by atoms with Crippen LogP contribution in [0.25, 0.3) is 0 Å². The Balaban J connectivity index is 3.01. The minimum Gasteiger partial charge on any atom is -0.333 e. The number of benzene rings is 1. The number of carbonyl (C=O) groups excluding carboxylic acids is 1. The van der Waals surface area contributed by atoms with Gasteiger partial charge in [-0.15, -0.1) is 18.2 Å². The molecule has 0 amide bonds. The molecule has 3 nitrogen and oxygen atoms in total. The SMILES string of the molecule is CC(=O)ON(c1ccc(Br)cc1)C(F)(F)F. The number of anilines is 1. The summed E-state index contributed by atoms with van der Waals surface area (Å²) in [4.78, 5) is 14.7. The molecule has 0 N–H and O–H groups in total. The zero-order valence-corrected chi connectivity index (χ0v) is 9.67. The van der Waals surface area contributed by atoms with Gasteiger partial charge < -0.3 is 4.84 Å². The van der Waals surface area contributed by atoms with E-state index in [0.29, 0.717) is 4.47 Å². The molecule has 0 aliphatic rings. The number of hydrogen-bond acceptors (Lipinski definition) is 3. The molecule has 1 rings (SSSR count). The Kier molecular flexibility index (Phi) is 3.79. The van der Waals surface area contributed by atoms with Crippen LogP contribution in [0.15, 0.2) is 28.7 Å². The van der Waals surface area contributed by atoms with Gasteiger partial charge in [0.25, 0.3) is 0 Å². The van der Waals surface area contributed by atoms with Gasteiger partial charge in [0.2, 0.25) is 0 Å². The van der Waals surface area contributed by atoms with E-state index in [-0.39, 0.29) is 10.8 Å². The highest BCUT2D eigenvalue weighted by atomic mass is 79.9. The Morgan fingerprint density at radius 2 is 1.81 bits per heavy atom. The van der Waals surface area contributed by atoms with Gasteiger partial charge in [-0.05, 0) is 24.3 Å². The highest BCUT2D eigenvalue weighted by Gasteiger charge is 2.40. The van der Waals surface area contributed by atoms with Gasteiger partial charge in [-0.1, -0.05) is 15.9 Å². The zero-order chi connectivity index (χ0) is 12.3. The van der Waals surface area contributed by atoms with E-state index in [4.69, 9.17) is 0 Å². The number of nitrogens with zero attached hydrogens (tertiary/aromatic N) is 1. The summed E-state index contributed by atoms with van der Waals surface area (Å²) in [5, 5.41) is -0.387. The van der Waals surface area contributed by atoms with Crippen LogP contribution in [0, 0.1) is 0 Å². The van der Waals surface area contributed by atoms with E-state index in [2.05, 4.69) is 20.8 Å². The van der Waals surface area contributed by atoms with E-state index in [1.54, 1.807) is 0 Å². The molecule has 7 heteroatoms. The molecule has 88 valence electrons. The number of carbonyl (C=O) groups is 1. The van der Waals surface area contributed by atoms with Crippen LogP contribution in [-0.2, 0) is 9.63 Å². The van der Waals surface area contributed by atoms with Crippen molar-refractivity contribution in [3.8, 4) is 0 Å². The molecule has 0 aliphatic carbocycles. The Morgan fingerprint density at radius 1 is 1.31 bits per heavy atom. The van der Waals surface area contributed by atoms with Crippen molar-refractivity contribution in [3.05, 3.63) is 28.7 Å². The molecule has 0 unspecified atom stereocenters. The van der Waals surface area contributed by atoms with Crippen molar-refractivity contribution in [3.63, 3.8) is 0 Å². The molecule has 1 aromatic rings. The van der Waals surface area contributed by atoms with Gasteiger partial charge in [-0.2, -0.15) is 0 Å². The lowest BCUT2D eigenvalue weighted by Gasteiger charge is -2.24. The van der Waals surface area contributed by atoms with E-state index < -0.39 is 12.3 Å². The molecule has 0 atom stereocenters. The van der Waals surface area contributed by atoms with Crippen LogP contribution in [-0.4, -0.2) is 12.3 Å². The number of halogens is 4. The van der Waals surface area contributed by atoms with Crippen molar-refractivity contribution >= 4 is 27.6 Å². The Labute approximate surface area is 97.9 Å². The van der Waals surface area contributed by atoms with Crippen molar-refractivity contribution in [2.75, 3.05) is 5.06 Å². The summed E-state index contributed by atoms with van der Waals surface area (Å²) in [6.45, 7) is 0.900. The number of alkyl halides is 3. The Hall–Kier alpha value is -1.24. The van der Waals surface area contributed by atoms with Crippen LogP contribution < -0.4 is 5.06 Å². The van der Waals surface area contributed by atoms with Crippen LogP contribution in [0.1, 0.15) is 6.92 Å². The summed E-state index contributed by atoms with van der Waals surface area (Å²) < 4.78 is 38.1. The molecule has 0 saturated heterocycles. The lowest BCUT2D eigenvalue weighted by molar-refractivity contribution is -0.197. The molecular formula is C9H7BrF3NO2. The molecule has 16 heavy (non-hydrogen) atoms. The number of rotatable bonds is 2. The molecule has 0 heterocycles. The average molecular weight is 298 g/mol. The number of hydrogen-bond donors (Lipinski definition) is 0. The molecular weight excluding hydrogens is 291 g/mol. The van der Waals surface area contributed by atoms with Crippen LogP contribution in [0.5, 0.6) is 0 Å². The van der Waals surface area contributed by atoms with E-state index in [9.17, 15) is 18.0 Å². The predicted octanol–water partition coefficient (Wildman–Crippen LogP) is 3.25. The third-order valence-electron chi connectivity index (χ3n) is 1.51. The maximum atomic E-state index is 12.5. The minimum atomic E-state index is -4.78. The van der Waals surface area contributed by atoms with Crippen molar-refractivity contribution in [1.82, 2.24) is 0 Å². The lowest BCUT2D eigenvalue weighted by Crippen LogP contribution is -2.39. The van der Waals surface area contributed by atoms with E-state index in [1.165, 1.54) is 24.3 Å². The summed E-state index contributed by atoms with van der Waals surface area (Å²) in [7, 11) is 0. The van der Waals surface area contributed by atoms with Gasteiger partial charge in [0, 0.05) is 11.4 Å². The van der Waals surface area contributed by atoms with Gasteiger partial charge in [-0.25, -0.2) is 0 Å². The van der Waals surface area contributed by atoms with Gasteiger partial charge in [0.15, 0.2) is 0 Å². The fourth-order valence-electron chi connectivity index (χ4n) is 0.956. The second-order valence-corrected chi connectivity index (χ2v) is 3.74. The van der Waals surface area contributed by atoms with Crippen molar-refractivity contribution in [2.24, 2.45) is 0 Å². The second kappa shape index (κ2) is 4.73. The molecule has 0 saturated carbocycles. The predicted molar refractivity (Wildman–Crippen MR) is 54.4 cm³/mol. The highest BCUT2D eigenvalue weighted by molar-refractivity contribution is 9.10. The summed E-state index contributed by atoms with van der Waals surface area (Å²) in [6.07, 6.45) is -4.78. The third kappa shape index (κ3) is 3.41. The Bertz CT molecular complexity index is 377. The van der Waals surface area contributed by atoms with Crippen LogP contribution in [0.4, 0.5) is 18.9 Å². The molecule has 0 fully saturated rings. The molecule has 1 aromatic carbocycles. The smallest absolute Gasteiger partial charge is 0.333 e. The Morgan fingerprint density at radius 3 is 2.19 bits per heavy atom. The maximum Gasteiger partial charge on any atom is 0.517 e. The zero-order valence-electron chi connectivity index (χ0n) is 8.08. The fourth-order valence-corrected chi connectivity index (χ4v) is 1.22. The van der Waals surface area contributed by atoms with E-state index in [0.717, 1.165) is 6.92 Å². The third-order valence-corrected chi connectivity index (χ3v) is 2.04. The molecule has 0 spiro atoms. The first-order valence-electron chi connectivity index (χ1n) is 4.12. The van der Waals surface area contributed by atoms with Crippen LogP contribution >= 0.6 is 15.9 Å². The number of hydroxylamine groups is 1. The van der Waals surface area contributed by atoms with Crippen molar-refractivity contribution in [1.29, 1.82) is 0 Å². The van der Waals surface area contributed by atoms with Gasteiger partial charge >= 0.3 is 12.3 Å². The first-order valence-corrected chi connectivity index (χ1v) is 4.91. The molecule has 0 bridgehead atoms. The van der Waals surface area contributed by atoms with Gasteiger partial charge in [0.1, 0.15) is 0 Å². The molecule has 0 radical (unpaired) electrons. The fraction of sp³-hybridized carbons (Fsp3) is 0.222. The normalized spacial score (nSPS) is 11.1. The van der Waals surface area contributed by atoms with Crippen molar-refractivity contribution < 1.29 is 22.8 Å². The lowest BCUT2D eigenvalue weighted by atomic mass is 10.3. The molecule has 0 aromatic heterocycles. The monoisotopic (exact) mass is 297 g/mol. The first kappa shape index (κ1) is 12.8.